The van der Waals surface area contributed by atoms with Gasteiger partial charge in [0, 0.05) is 5.69 Å². The van der Waals surface area contributed by atoms with Gasteiger partial charge >= 0.3 is 0 Å². The maximum absolute atomic E-state index is 11.7. The minimum absolute atomic E-state index is 0.377. The Labute approximate surface area is 113 Å². The Kier molecular flexibility index (Phi) is 3.85. The molecule has 98 valence electrons. The van der Waals surface area contributed by atoms with Crippen LogP contribution in [0.5, 0.6) is 0 Å². The predicted octanol–water partition coefficient (Wildman–Crippen LogP) is 2.94. The second-order valence-corrected chi connectivity index (χ2v) is 4.71. The van der Waals surface area contributed by atoms with Crippen LogP contribution in [0.25, 0.3) is 0 Å². The van der Waals surface area contributed by atoms with E-state index in [-0.39, 0.29) is 5.91 Å². The molecule has 2 rings (SSSR count). The lowest BCUT2D eigenvalue weighted by atomic mass is 9.98. The molecule has 3 heteroatoms. The third-order valence-corrected chi connectivity index (χ3v) is 3.12. The van der Waals surface area contributed by atoms with Crippen molar-refractivity contribution < 1.29 is 4.79 Å². The van der Waals surface area contributed by atoms with Gasteiger partial charge in [-0.25, -0.2) is 0 Å². The lowest BCUT2D eigenvalue weighted by Crippen LogP contribution is -2.28. The van der Waals surface area contributed by atoms with Gasteiger partial charge in [-0.3, -0.25) is 4.79 Å². The second-order valence-electron chi connectivity index (χ2n) is 4.71. The number of nitrogens with two attached hydrogens (primary N) is 1. The zero-order valence-corrected chi connectivity index (χ0v) is 11.2. The first-order valence-corrected chi connectivity index (χ1v) is 6.26. The molecule has 3 nitrogen and oxygen atoms in total. The van der Waals surface area contributed by atoms with Crippen molar-refractivity contribution in [2.24, 2.45) is 5.73 Å². The number of amides is 1. The lowest BCUT2D eigenvalue weighted by molar-refractivity contribution is -0.118. The molecule has 2 aromatic rings. The average Bonchev–Trinajstić information content (AvgIpc) is 2.40. The molecule has 1 amide bonds. The van der Waals surface area contributed by atoms with Crippen molar-refractivity contribution in [1.29, 1.82) is 0 Å². The number of hydrogen-bond acceptors (Lipinski definition) is 2. The van der Waals surface area contributed by atoms with Gasteiger partial charge in [-0.15, -0.1) is 0 Å². The SMILES string of the molecule is Cc1ccc(C)c(C(Nc2ccccc2)C(N)=O)c1. The van der Waals surface area contributed by atoms with Crippen molar-refractivity contribution in [2.75, 3.05) is 5.32 Å². The quantitative estimate of drug-likeness (QED) is 0.881. The highest BCUT2D eigenvalue weighted by atomic mass is 16.1. The van der Waals surface area contributed by atoms with Gasteiger partial charge in [-0.2, -0.15) is 0 Å². The molecule has 0 saturated carbocycles. The Morgan fingerprint density at radius 1 is 1.11 bits per heavy atom. The van der Waals surface area contributed by atoms with Crippen LogP contribution < -0.4 is 11.1 Å². The Morgan fingerprint density at radius 3 is 2.42 bits per heavy atom. The monoisotopic (exact) mass is 254 g/mol. The number of hydrogen-bond donors (Lipinski definition) is 2. The Hall–Kier alpha value is -2.29. The number of primary amides is 1. The highest BCUT2D eigenvalue weighted by Crippen LogP contribution is 2.23. The Morgan fingerprint density at radius 2 is 1.79 bits per heavy atom. The number of benzene rings is 2. The molecule has 1 atom stereocenters. The van der Waals surface area contributed by atoms with E-state index in [1.165, 1.54) is 0 Å². The summed E-state index contributed by atoms with van der Waals surface area (Å²) in [4.78, 5) is 11.7. The summed E-state index contributed by atoms with van der Waals surface area (Å²) in [6.07, 6.45) is 0. The lowest BCUT2D eigenvalue weighted by Gasteiger charge is -2.19. The van der Waals surface area contributed by atoms with Gasteiger partial charge in [-0.1, -0.05) is 42.0 Å². The largest absolute Gasteiger partial charge is 0.370 e. The fraction of sp³-hybridized carbons (Fsp3) is 0.188. The molecule has 0 aliphatic rings. The molecule has 0 aliphatic heterocycles. The van der Waals surface area contributed by atoms with E-state index in [4.69, 9.17) is 5.73 Å². The smallest absolute Gasteiger partial charge is 0.244 e. The van der Waals surface area contributed by atoms with Crippen molar-refractivity contribution in [1.82, 2.24) is 0 Å². The molecule has 0 saturated heterocycles. The van der Waals surface area contributed by atoms with Crippen LogP contribution in [0.1, 0.15) is 22.7 Å². The van der Waals surface area contributed by atoms with Crippen LogP contribution in [0.4, 0.5) is 5.69 Å². The normalized spacial score (nSPS) is 11.9. The van der Waals surface area contributed by atoms with Gasteiger partial charge in [0.15, 0.2) is 0 Å². The molecule has 0 bridgehead atoms. The molecular formula is C16H18N2O. The van der Waals surface area contributed by atoms with Crippen molar-refractivity contribution in [3.05, 3.63) is 65.2 Å². The Bertz CT molecular complexity index is 579. The third kappa shape index (κ3) is 3.13. The molecule has 3 N–H and O–H groups in total. The standard InChI is InChI=1S/C16H18N2O/c1-11-8-9-12(2)14(10-11)15(16(17)19)18-13-6-4-3-5-7-13/h3-10,15,18H,1-2H3,(H2,17,19). The predicted molar refractivity (Wildman–Crippen MR) is 77.9 cm³/mol. The highest BCUT2D eigenvalue weighted by Gasteiger charge is 2.19. The van der Waals surface area contributed by atoms with Crippen LogP contribution in [-0.4, -0.2) is 5.91 Å². The van der Waals surface area contributed by atoms with Crippen LogP contribution in [0, 0.1) is 13.8 Å². The van der Waals surface area contributed by atoms with Crippen LogP contribution in [-0.2, 0) is 4.79 Å². The molecule has 0 aliphatic carbocycles. The summed E-state index contributed by atoms with van der Waals surface area (Å²) in [5, 5.41) is 3.19. The van der Waals surface area contributed by atoms with Crippen LogP contribution in [0.2, 0.25) is 0 Å². The van der Waals surface area contributed by atoms with Gasteiger partial charge in [0.2, 0.25) is 5.91 Å². The van der Waals surface area contributed by atoms with E-state index in [2.05, 4.69) is 5.32 Å². The average molecular weight is 254 g/mol. The summed E-state index contributed by atoms with van der Waals surface area (Å²) in [7, 11) is 0. The molecular weight excluding hydrogens is 236 g/mol. The Balaban J connectivity index is 2.35. The topological polar surface area (TPSA) is 55.1 Å². The summed E-state index contributed by atoms with van der Waals surface area (Å²) >= 11 is 0. The van der Waals surface area contributed by atoms with Gasteiger partial charge in [-0.05, 0) is 37.1 Å². The number of carbonyl (C=O) groups excluding carboxylic acids is 1. The number of rotatable bonds is 4. The van der Waals surface area contributed by atoms with E-state index in [1.54, 1.807) is 0 Å². The summed E-state index contributed by atoms with van der Waals surface area (Å²) in [5.74, 6) is -0.377. The molecule has 1 unspecified atom stereocenters. The molecule has 0 aromatic heterocycles. The van der Waals surface area contributed by atoms with E-state index < -0.39 is 6.04 Å². The maximum atomic E-state index is 11.7. The zero-order chi connectivity index (χ0) is 13.8. The second kappa shape index (κ2) is 5.57. The minimum Gasteiger partial charge on any atom is -0.370 e. The van der Waals surface area contributed by atoms with Gasteiger partial charge in [0.05, 0.1) is 0 Å². The third-order valence-electron chi connectivity index (χ3n) is 3.12. The molecule has 0 spiro atoms. The van der Waals surface area contributed by atoms with Crippen LogP contribution >= 0.6 is 0 Å². The fourth-order valence-corrected chi connectivity index (χ4v) is 2.07. The number of aryl methyl sites for hydroxylation is 2. The fourth-order valence-electron chi connectivity index (χ4n) is 2.07. The minimum atomic E-state index is -0.512. The van der Waals surface area contributed by atoms with Crippen LogP contribution in [0.15, 0.2) is 48.5 Å². The van der Waals surface area contributed by atoms with Crippen molar-refractivity contribution in [3.8, 4) is 0 Å². The summed E-state index contributed by atoms with van der Waals surface area (Å²) < 4.78 is 0. The molecule has 19 heavy (non-hydrogen) atoms. The zero-order valence-electron chi connectivity index (χ0n) is 11.2. The summed E-state index contributed by atoms with van der Waals surface area (Å²) in [6, 6.07) is 15.1. The summed E-state index contributed by atoms with van der Waals surface area (Å²) in [6.45, 7) is 3.99. The number of anilines is 1. The van der Waals surface area contributed by atoms with Crippen molar-refractivity contribution >= 4 is 11.6 Å². The first kappa shape index (κ1) is 13.1. The van der Waals surface area contributed by atoms with Gasteiger partial charge < -0.3 is 11.1 Å². The number of carbonyl (C=O) groups is 1. The van der Waals surface area contributed by atoms with E-state index in [9.17, 15) is 4.79 Å². The van der Waals surface area contributed by atoms with Crippen LogP contribution in [0.3, 0.4) is 0 Å². The van der Waals surface area contributed by atoms with Crippen molar-refractivity contribution in [2.45, 2.75) is 19.9 Å². The molecule has 2 aromatic carbocycles. The van der Waals surface area contributed by atoms with E-state index in [0.29, 0.717) is 0 Å². The van der Waals surface area contributed by atoms with Gasteiger partial charge in [0.1, 0.15) is 6.04 Å². The van der Waals surface area contributed by atoms with E-state index in [0.717, 1.165) is 22.4 Å². The van der Waals surface area contributed by atoms with E-state index in [1.807, 2.05) is 62.4 Å². The summed E-state index contributed by atoms with van der Waals surface area (Å²) in [5.41, 5.74) is 9.51. The highest BCUT2D eigenvalue weighted by molar-refractivity contribution is 5.85. The van der Waals surface area contributed by atoms with Crippen molar-refractivity contribution in [3.63, 3.8) is 0 Å². The molecule has 0 heterocycles. The maximum Gasteiger partial charge on any atom is 0.244 e. The molecule has 0 fully saturated rings. The first-order valence-electron chi connectivity index (χ1n) is 6.26. The van der Waals surface area contributed by atoms with E-state index >= 15 is 0 Å². The van der Waals surface area contributed by atoms with Gasteiger partial charge in [0.25, 0.3) is 0 Å². The first-order chi connectivity index (χ1) is 9.08. The number of para-hydroxylation sites is 1. The molecule has 0 radical (unpaired) electrons. The number of nitrogens with one attached hydrogen (secondary N) is 1.